The molecule has 1 unspecified atom stereocenters. The summed E-state index contributed by atoms with van der Waals surface area (Å²) in [6.45, 7) is 3.21. The second-order valence-corrected chi connectivity index (χ2v) is 9.21. The van der Waals surface area contributed by atoms with Gasteiger partial charge in [0.1, 0.15) is 11.5 Å². The zero-order chi connectivity index (χ0) is 22.9. The second kappa shape index (κ2) is 11.5. The van der Waals surface area contributed by atoms with Crippen LogP contribution in [0.3, 0.4) is 0 Å². The Hall–Kier alpha value is -2.83. The van der Waals surface area contributed by atoms with E-state index in [1.165, 1.54) is 0 Å². The summed E-state index contributed by atoms with van der Waals surface area (Å²) in [5.41, 5.74) is 5.81. The molecule has 1 aliphatic heterocycles. The van der Waals surface area contributed by atoms with E-state index in [4.69, 9.17) is 24.7 Å². The van der Waals surface area contributed by atoms with Crippen molar-refractivity contribution < 1.29 is 28.3 Å². The number of aliphatic carboxylic acids is 1. The highest BCUT2D eigenvalue weighted by Crippen LogP contribution is 2.56. The number of likely N-dealkylation sites (tertiary alicyclic amines) is 1. The minimum atomic E-state index is -3.74. The Morgan fingerprint density at radius 1 is 1.03 bits per heavy atom. The third-order valence-electron chi connectivity index (χ3n) is 4.46. The second-order valence-electron chi connectivity index (χ2n) is 7.16. The topological polar surface area (TPSA) is 119 Å². The van der Waals surface area contributed by atoms with Gasteiger partial charge in [-0.1, -0.05) is 36.4 Å². The predicted molar refractivity (Wildman–Crippen MR) is 118 cm³/mol. The molecule has 1 saturated heterocycles. The number of amides is 1. The molecule has 0 bridgehead atoms. The quantitative estimate of drug-likeness (QED) is 0.638. The third kappa shape index (κ3) is 7.42. The van der Waals surface area contributed by atoms with Crippen LogP contribution in [0.15, 0.2) is 60.7 Å². The maximum atomic E-state index is 14.0. The van der Waals surface area contributed by atoms with Gasteiger partial charge < -0.3 is 24.8 Å². The number of piperidine rings is 1. The number of nitrogens with zero attached hydrogens (tertiary/aromatic N) is 1. The Balaban J connectivity index is 0.000000785. The van der Waals surface area contributed by atoms with Gasteiger partial charge in [0.25, 0.3) is 5.97 Å². The number of carbonyl (C=O) groups excluding carboxylic acids is 1. The van der Waals surface area contributed by atoms with Crippen molar-refractivity contribution in [3.05, 3.63) is 60.7 Å². The lowest BCUT2D eigenvalue weighted by Gasteiger charge is -2.39. The fourth-order valence-electron chi connectivity index (χ4n) is 3.16. The summed E-state index contributed by atoms with van der Waals surface area (Å²) in [5.74, 6) is -0.871. The highest BCUT2D eigenvalue weighted by atomic mass is 31.2. The highest BCUT2D eigenvalue weighted by molar-refractivity contribution is 7.55. The van der Waals surface area contributed by atoms with Gasteiger partial charge in [-0.05, 0) is 50.5 Å². The van der Waals surface area contributed by atoms with Crippen LogP contribution < -0.4 is 14.8 Å². The van der Waals surface area contributed by atoms with Crippen LogP contribution in [0.25, 0.3) is 0 Å². The molecule has 2 aromatic carbocycles. The molecule has 3 N–H and O–H groups in total. The molecule has 0 radical (unpaired) electrons. The van der Waals surface area contributed by atoms with Crippen LogP contribution in [0.5, 0.6) is 11.5 Å². The van der Waals surface area contributed by atoms with Gasteiger partial charge in [-0.15, -0.1) is 0 Å². The number of carbonyl (C=O) groups is 2. The Kier molecular flexibility index (Phi) is 9.09. The molecule has 0 spiro atoms. The lowest BCUT2D eigenvalue weighted by atomic mass is 10.1. The first-order chi connectivity index (χ1) is 14.7. The van der Waals surface area contributed by atoms with Crippen molar-refractivity contribution in [1.82, 2.24) is 4.90 Å². The van der Waals surface area contributed by atoms with E-state index in [2.05, 4.69) is 0 Å². The van der Waals surface area contributed by atoms with Crippen molar-refractivity contribution in [3.8, 4) is 11.5 Å². The van der Waals surface area contributed by atoms with Gasteiger partial charge in [0.2, 0.25) is 5.91 Å². The zero-order valence-corrected chi connectivity index (χ0v) is 18.6. The van der Waals surface area contributed by atoms with E-state index in [1.807, 2.05) is 12.1 Å². The van der Waals surface area contributed by atoms with E-state index in [0.29, 0.717) is 24.5 Å². The van der Waals surface area contributed by atoms with Crippen LogP contribution in [-0.4, -0.2) is 40.3 Å². The van der Waals surface area contributed by atoms with Gasteiger partial charge in [0.15, 0.2) is 5.78 Å². The van der Waals surface area contributed by atoms with E-state index in [-0.39, 0.29) is 5.91 Å². The molecule has 2 atom stereocenters. The minimum absolute atomic E-state index is 0.242. The number of hydrogen-bond donors (Lipinski definition) is 2. The van der Waals surface area contributed by atoms with Crippen LogP contribution in [-0.2, 0) is 14.2 Å². The molecule has 0 saturated carbocycles. The van der Waals surface area contributed by atoms with E-state index < -0.39 is 25.4 Å². The van der Waals surface area contributed by atoms with Crippen molar-refractivity contribution in [2.24, 2.45) is 5.73 Å². The number of rotatable bonds is 6. The van der Waals surface area contributed by atoms with Crippen LogP contribution in [0, 0.1) is 0 Å². The molecule has 8 nitrogen and oxygen atoms in total. The summed E-state index contributed by atoms with van der Waals surface area (Å²) < 4.78 is 25.8. The van der Waals surface area contributed by atoms with Crippen molar-refractivity contribution in [1.29, 1.82) is 0 Å². The van der Waals surface area contributed by atoms with Gasteiger partial charge in [-0.2, -0.15) is 0 Å². The SMILES string of the molecule is CC(=O)O.C[C@H](N)C(=O)N1CCCCC1P(=O)(Oc1ccccc1)Oc1ccccc1. The molecular formula is C22H29N2O6P. The standard InChI is InChI=1S/C20H25N2O4P.C2H4O2/c1-16(21)20(23)22-15-9-8-14-19(22)27(24,25-17-10-4-2-5-11-17)26-18-12-6-3-7-13-18;1-2(3)4/h2-7,10-13,16,19H,8-9,14-15,21H2,1H3;1H3,(H,3,4)/t16-,19?;/m0./s1. The van der Waals surface area contributed by atoms with E-state index >= 15 is 0 Å². The maximum Gasteiger partial charge on any atom is 0.453 e. The first kappa shape index (κ1) is 24.4. The molecule has 168 valence electrons. The number of carboxylic acid groups (broad SMARTS) is 1. The average molecular weight is 448 g/mol. The van der Waals surface area contributed by atoms with E-state index in [0.717, 1.165) is 19.8 Å². The monoisotopic (exact) mass is 448 g/mol. The predicted octanol–water partition coefficient (Wildman–Crippen LogP) is 4.11. The molecule has 0 aromatic heterocycles. The van der Waals surface area contributed by atoms with E-state index in [1.54, 1.807) is 60.4 Å². The molecule has 1 amide bonds. The van der Waals surface area contributed by atoms with Gasteiger partial charge in [-0.3, -0.25) is 9.59 Å². The summed E-state index contributed by atoms with van der Waals surface area (Å²) in [6, 6.07) is 17.1. The molecule has 0 aliphatic carbocycles. The summed E-state index contributed by atoms with van der Waals surface area (Å²) in [6.07, 6.45) is 2.22. The van der Waals surface area contributed by atoms with E-state index in [9.17, 15) is 9.36 Å². The van der Waals surface area contributed by atoms with Gasteiger partial charge in [0.05, 0.1) is 6.04 Å². The molecule has 1 fully saturated rings. The molecule has 1 heterocycles. The largest absolute Gasteiger partial charge is 0.481 e. The smallest absolute Gasteiger partial charge is 0.453 e. The third-order valence-corrected chi connectivity index (χ3v) is 6.66. The van der Waals surface area contributed by atoms with Crippen molar-refractivity contribution in [2.45, 2.75) is 44.9 Å². The molecule has 3 rings (SSSR count). The van der Waals surface area contributed by atoms with Gasteiger partial charge in [-0.25, -0.2) is 4.57 Å². The Morgan fingerprint density at radius 2 is 1.48 bits per heavy atom. The minimum Gasteiger partial charge on any atom is -0.481 e. The Labute approximate surface area is 182 Å². The average Bonchev–Trinajstić information content (AvgIpc) is 2.74. The van der Waals surface area contributed by atoms with Crippen LogP contribution >= 0.6 is 7.60 Å². The van der Waals surface area contributed by atoms with Crippen molar-refractivity contribution in [2.75, 3.05) is 6.54 Å². The summed E-state index contributed by atoms with van der Waals surface area (Å²) in [4.78, 5) is 23.2. The fraction of sp³-hybridized carbons (Fsp3) is 0.364. The van der Waals surface area contributed by atoms with Crippen LogP contribution in [0.2, 0.25) is 0 Å². The van der Waals surface area contributed by atoms with Gasteiger partial charge in [0, 0.05) is 13.5 Å². The zero-order valence-electron chi connectivity index (χ0n) is 17.7. The van der Waals surface area contributed by atoms with Crippen molar-refractivity contribution in [3.63, 3.8) is 0 Å². The number of para-hydroxylation sites is 2. The number of carboxylic acids is 1. The first-order valence-corrected chi connectivity index (χ1v) is 11.7. The van der Waals surface area contributed by atoms with Crippen LogP contribution in [0.1, 0.15) is 33.1 Å². The van der Waals surface area contributed by atoms with Crippen LogP contribution in [0.4, 0.5) is 0 Å². The first-order valence-electron chi connectivity index (χ1n) is 10.1. The number of hydrogen-bond acceptors (Lipinski definition) is 6. The molecule has 31 heavy (non-hydrogen) atoms. The number of nitrogens with two attached hydrogens (primary N) is 1. The Bertz CT molecular complexity index is 842. The lowest BCUT2D eigenvalue weighted by Crippen LogP contribution is -2.50. The normalized spacial score (nSPS) is 17.0. The van der Waals surface area contributed by atoms with Gasteiger partial charge >= 0.3 is 7.60 Å². The molecule has 2 aromatic rings. The highest BCUT2D eigenvalue weighted by Gasteiger charge is 2.46. The summed E-state index contributed by atoms with van der Waals surface area (Å²) >= 11 is 0. The molecule has 9 heteroatoms. The molecule has 1 aliphatic rings. The maximum absolute atomic E-state index is 14.0. The Morgan fingerprint density at radius 3 is 1.90 bits per heavy atom. The summed E-state index contributed by atoms with van der Waals surface area (Å²) in [5, 5.41) is 7.42. The lowest BCUT2D eigenvalue weighted by molar-refractivity contribution is -0.135. The summed E-state index contributed by atoms with van der Waals surface area (Å²) in [7, 11) is -3.74. The van der Waals surface area contributed by atoms with Crippen molar-refractivity contribution >= 4 is 19.5 Å². The number of benzene rings is 2. The molecular weight excluding hydrogens is 419 g/mol. The fourth-order valence-corrected chi connectivity index (χ4v) is 5.34.